The van der Waals surface area contributed by atoms with Crippen LogP contribution in [0.3, 0.4) is 0 Å². The Bertz CT molecular complexity index is 1150. The fraction of sp³-hybridized carbons (Fsp3) is 0.583. The van der Waals surface area contributed by atoms with Crippen LogP contribution >= 0.6 is 0 Å². The molecule has 1 aliphatic rings. The van der Waals surface area contributed by atoms with Gasteiger partial charge in [0, 0.05) is 19.0 Å². The Balaban J connectivity index is 2.01. The highest BCUT2D eigenvalue weighted by atomic mass is 16.6. The van der Waals surface area contributed by atoms with Crippen molar-refractivity contribution in [3.05, 3.63) is 71.3 Å². The third-order valence-electron chi connectivity index (χ3n) is 8.05. The topological polar surface area (TPSA) is 87.7 Å². The van der Waals surface area contributed by atoms with Crippen LogP contribution in [0.15, 0.2) is 54.6 Å². The molecule has 3 rings (SSSR count). The van der Waals surface area contributed by atoms with Crippen LogP contribution in [0.5, 0.6) is 0 Å². The lowest BCUT2D eigenvalue weighted by Gasteiger charge is -2.36. The summed E-state index contributed by atoms with van der Waals surface area (Å²) in [6.07, 6.45) is 9.99. The van der Waals surface area contributed by atoms with Crippen molar-refractivity contribution in [2.75, 3.05) is 6.54 Å². The number of hydrogen-bond acceptors (Lipinski definition) is 4. The van der Waals surface area contributed by atoms with Crippen LogP contribution in [0.25, 0.3) is 0 Å². The van der Waals surface area contributed by atoms with Crippen molar-refractivity contribution in [3.63, 3.8) is 0 Å². The van der Waals surface area contributed by atoms with E-state index in [2.05, 4.69) is 17.6 Å². The van der Waals surface area contributed by atoms with Crippen LogP contribution in [-0.4, -0.2) is 47.0 Å². The summed E-state index contributed by atoms with van der Waals surface area (Å²) in [7, 11) is 0. The molecule has 7 heteroatoms. The van der Waals surface area contributed by atoms with Crippen molar-refractivity contribution < 1.29 is 19.1 Å². The van der Waals surface area contributed by atoms with Gasteiger partial charge in [-0.05, 0) is 63.6 Å². The summed E-state index contributed by atoms with van der Waals surface area (Å²) >= 11 is 0. The number of carbonyl (C=O) groups excluding carboxylic acids is 3. The fourth-order valence-corrected chi connectivity index (χ4v) is 5.82. The monoisotopic (exact) mass is 591 g/mol. The van der Waals surface area contributed by atoms with E-state index in [1.807, 2.05) is 61.5 Å². The highest BCUT2D eigenvalue weighted by Crippen LogP contribution is 2.28. The molecule has 43 heavy (non-hydrogen) atoms. The number of nitrogens with one attached hydrogen (secondary N) is 2. The van der Waals surface area contributed by atoms with Crippen molar-refractivity contribution >= 4 is 17.9 Å². The molecule has 236 valence electrons. The summed E-state index contributed by atoms with van der Waals surface area (Å²) in [4.78, 5) is 43.6. The molecule has 2 atom stereocenters. The molecule has 0 saturated heterocycles. The molecule has 3 amide bonds. The maximum atomic E-state index is 14.7. The lowest BCUT2D eigenvalue weighted by molar-refractivity contribution is -0.143. The van der Waals surface area contributed by atoms with E-state index in [4.69, 9.17) is 4.74 Å². The van der Waals surface area contributed by atoms with Crippen LogP contribution in [0.2, 0.25) is 0 Å². The first-order chi connectivity index (χ1) is 20.6. The first-order valence-corrected chi connectivity index (χ1v) is 16.3. The van der Waals surface area contributed by atoms with Gasteiger partial charge in [-0.3, -0.25) is 9.59 Å². The van der Waals surface area contributed by atoms with E-state index >= 15 is 0 Å². The molecule has 2 unspecified atom stereocenters. The molecular formula is C36H53N3O4. The first-order valence-electron chi connectivity index (χ1n) is 16.3. The van der Waals surface area contributed by atoms with Crippen LogP contribution < -0.4 is 10.6 Å². The number of aryl methyl sites for hydroxylation is 1. The van der Waals surface area contributed by atoms with E-state index in [0.29, 0.717) is 6.54 Å². The van der Waals surface area contributed by atoms with Crippen molar-refractivity contribution in [1.29, 1.82) is 0 Å². The van der Waals surface area contributed by atoms with Gasteiger partial charge in [-0.2, -0.15) is 0 Å². The number of unbranched alkanes of at least 4 members (excludes halogenated alkanes) is 4. The second-order valence-electron chi connectivity index (χ2n) is 12.9. The van der Waals surface area contributed by atoms with E-state index < -0.39 is 23.8 Å². The zero-order valence-corrected chi connectivity index (χ0v) is 27.0. The lowest BCUT2D eigenvalue weighted by Crippen LogP contribution is -2.54. The van der Waals surface area contributed by atoms with Gasteiger partial charge in [0.05, 0.1) is 0 Å². The number of alkyl carbamates (subject to hydrolysis) is 1. The van der Waals surface area contributed by atoms with Gasteiger partial charge >= 0.3 is 6.09 Å². The summed E-state index contributed by atoms with van der Waals surface area (Å²) in [6.45, 7) is 9.98. The predicted molar refractivity (Wildman–Crippen MR) is 173 cm³/mol. The number of amides is 3. The van der Waals surface area contributed by atoms with Gasteiger partial charge in [0.2, 0.25) is 11.8 Å². The van der Waals surface area contributed by atoms with Crippen molar-refractivity contribution in [2.24, 2.45) is 0 Å². The quantitative estimate of drug-likeness (QED) is 0.224. The van der Waals surface area contributed by atoms with Gasteiger partial charge in [-0.25, -0.2) is 4.79 Å². The van der Waals surface area contributed by atoms with E-state index in [-0.39, 0.29) is 24.3 Å². The average Bonchev–Trinajstić information content (AvgIpc) is 2.96. The molecule has 0 spiro atoms. The number of nitrogens with zero attached hydrogens (tertiary/aromatic N) is 1. The summed E-state index contributed by atoms with van der Waals surface area (Å²) in [5.74, 6) is -0.434. The summed E-state index contributed by atoms with van der Waals surface area (Å²) in [5.41, 5.74) is 1.97. The van der Waals surface area contributed by atoms with E-state index in [9.17, 15) is 14.4 Å². The van der Waals surface area contributed by atoms with E-state index in [1.54, 1.807) is 25.7 Å². The normalized spacial score (nSPS) is 15.3. The summed E-state index contributed by atoms with van der Waals surface area (Å²) in [6, 6.07) is 15.9. The summed E-state index contributed by atoms with van der Waals surface area (Å²) < 4.78 is 5.57. The van der Waals surface area contributed by atoms with Gasteiger partial charge in [-0.15, -0.1) is 0 Å². The summed E-state index contributed by atoms with van der Waals surface area (Å²) in [5, 5.41) is 6.18. The van der Waals surface area contributed by atoms with E-state index in [0.717, 1.165) is 74.5 Å². The Morgan fingerprint density at radius 3 is 2.21 bits per heavy atom. The number of rotatable bonds is 14. The fourth-order valence-electron chi connectivity index (χ4n) is 5.82. The third-order valence-corrected chi connectivity index (χ3v) is 8.05. The van der Waals surface area contributed by atoms with Gasteiger partial charge in [0.15, 0.2) is 0 Å². The molecule has 2 aromatic carbocycles. The van der Waals surface area contributed by atoms with Crippen LogP contribution in [0.1, 0.15) is 115 Å². The van der Waals surface area contributed by atoms with Crippen molar-refractivity contribution in [3.8, 4) is 0 Å². The molecule has 0 radical (unpaired) electrons. The van der Waals surface area contributed by atoms with E-state index in [1.165, 1.54) is 6.42 Å². The second kappa shape index (κ2) is 17.1. The van der Waals surface area contributed by atoms with Crippen molar-refractivity contribution in [1.82, 2.24) is 15.5 Å². The van der Waals surface area contributed by atoms with Gasteiger partial charge < -0.3 is 20.3 Å². The number of carbonyl (C=O) groups is 3. The van der Waals surface area contributed by atoms with Gasteiger partial charge in [0.25, 0.3) is 0 Å². The molecule has 0 aromatic heterocycles. The maximum absolute atomic E-state index is 14.7. The minimum atomic E-state index is -0.901. The molecule has 1 aliphatic carbocycles. The zero-order chi connectivity index (χ0) is 31.2. The van der Waals surface area contributed by atoms with Gasteiger partial charge in [0.1, 0.15) is 17.7 Å². The van der Waals surface area contributed by atoms with Crippen LogP contribution in [-0.2, 0) is 20.7 Å². The van der Waals surface area contributed by atoms with Gasteiger partial charge in [-0.1, -0.05) is 106 Å². The molecular weight excluding hydrogens is 538 g/mol. The molecule has 0 heterocycles. The largest absolute Gasteiger partial charge is 0.444 e. The number of benzene rings is 2. The Hall–Kier alpha value is -3.35. The highest BCUT2D eigenvalue weighted by molar-refractivity contribution is 5.92. The highest BCUT2D eigenvalue weighted by Gasteiger charge is 2.37. The van der Waals surface area contributed by atoms with Crippen LogP contribution in [0.4, 0.5) is 4.79 Å². The Morgan fingerprint density at radius 2 is 1.56 bits per heavy atom. The van der Waals surface area contributed by atoms with Crippen molar-refractivity contribution in [2.45, 2.75) is 129 Å². The molecule has 1 saturated carbocycles. The predicted octanol–water partition coefficient (Wildman–Crippen LogP) is 7.42. The molecule has 0 bridgehead atoms. The lowest BCUT2D eigenvalue weighted by atomic mass is 9.93. The molecule has 0 aliphatic heterocycles. The molecule has 7 nitrogen and oxygen atoms in total. The molecule has 2 N–H and O–H groups in total. The third kappa shape index (κ3) is 11.3. The number of hydrogen-bond donors (Lipinski definition) is 2. The Morgan fingerprint density at radius 1 is 0.907 bits per heavy atom. The minimum Gasteiger partial charge on any atom is -0.444 e. The standard InChI is InChI=1S/C36H53N3O4/c1-6-7-8-9-18-25-39(32(30-24-17-16-19-27(30)2)33(40)37-29-22-14-11-15-23-29)34(41)31(26-28-20-12-10-13-21-28)38-35(42)43-36(3,4)5/h10,12-13,16-17,19-21,24,29,31-32H,6-9,11,14-15,18,22-23,25-26H2,1-5H3,(H,37,40)(H,38,42). The Kier molecular flexibility index (Phi) is 13.6. The number of ether oxygens (including phenoxy) is 1. The Labute approximate surface area is 259 Å². The first kappa shape index (κ1) is 34.1. The zero-order valence-electron chi connectivity index (χ0n) is 27.0. The second-order valence-corrected chi connectivity index (χ2v) is 12.9. The smallest absolute Gasteiger partial charge is 0.408 e. The minimum absolute atomic E-state index is 0.106. The SMILES string of the molecule is CCCCCCCN(C(=O)C(Cc1ccccc1)NC(=O)OC(C)(C)C)C(C(=O)NC1CCCCC1)c1ccccc1C. The van der Waals surface area contributed by atoms with Crippen LogP contribution in [0, 0.1) is 6.92 Å². The molecule has 1 fully saturated rings. The maximum Gasteiger partial charge on any atom is 0.408 e. The molecule has 2 aromatic rings. The average molecular weight is 592 g/mol.